The molecule has 5 heteroatoms. The van der Waals surface area contributed by atoms with E-state index < -0.39 is 11.9 Å². The number of benzene rings is 1. The zero-order chi connectivity index (χ0) is 16.4. The van der Waals surface area contributed by atoms with Crippen molar-refractivity contribution in [1.82, 2.24) is 5.32 Å². The summed E-state index contributed by atoms with van der Waals surface area (Å²) in [6.45, 7) is 3.34. The van der Waals surface area contributed by atoms with Gasteiger partial charge in [-0.15, -0.1) is 0 Å². The van der Waals surface area contributed by atoms with Gasteiger partial charge in [-0.1, -0.05) is 29.8 Å². The van der Waals surface area contributed by atoms with E-state index in [1.54, 1.807) is 0 Å². The molecule has 5 nitrogen and oxygen atoms in total. The van der Waals surface area contributed by atoms with Crippen LogP contribution >= 0.6 is 0 Å². The van der Waals surface area contributed by atoms with Gasteiger partial charge in [0.15, 0.2) is 0 Å². The van der Waals surface area contributed by atoms with Gasteiger partial charge in [-0.3, -0.25) is 9.59 Å². The monoisotopic (exact) mass is 317 g/mol. The summed E-state index contributed by atoms with van der Waals surface area (Å²) in [5, 5.41) is 11.8. The Morgan fingerprint density at radius 1 is 1.26 bits per heavy atom. The molecule has 0 aromatic heterocycles. The number of hydrogen-bond donors (Lipinski definition) is 2. The number of aryl methyl sites for hydroxylation is 1. The van der Waals surface area contributed by atoms with E-state index in [0.717, 1.165) is 25.0 Å². The zero-order valence-electron chi connectivity index (χ0n) is 13.3. The van der Waals surface area contributed by atoms with Crippen molar-refractivity contribution in [2.24, 2.45) is 17.8 Å². The molecule has 1 aromatic carbocycles. The smallest absolute Gasteiger partial charge is 0.307 e. The minimum Gasteiger partial charge on any atom is -0.481 e. The molecule has 2 fully saturated rings. The molecule has 1 heterocycles. The van der Waals surface area contributed by atoms with Gasteiger partial charge in [0.25, 0.3) is 0 Å². The number of carboxylic acid groups (broad SMARTS) is 1. The Bertz CT molecular complexity index is 583. The fraction of sp³-hybridized carbons (Fsp3) is 0.556. The Hall–Kier alpha value is -1.88. The Kier molecular flexibility index (Phi) is 4.66. The van der Waals surface area contributed by atoms with Crippen LogP contribution in [0.3, 0.4) is 0 Å². The first kappa shape index (κ1) is 16.0. The molecular formula is C18H23NO4. The third-order valence-corrected chi connectivity index (χ3v) is 4.83. The normalized spacial score (nSPS) is 29.8. The van der Waals surface area contributed by atoms with Crippen LogP contribution in [0.15, 0.2) is 24.3 Å². The molecule has 2 aliphatic rings. The fourth-order valence-electron chi connectivity index (χ4n) is 3.30. The second-order valence-corrected chi connectivity index (χ2v) is 6.64. The zero-order valence-corrected chi connectivity index (χ0v) is 13.3. The highest BCUT2D eigenvalue weighted by Gasteiger charge is 2.48. The largest absolute Gasteiger partial charge is 0.481 e. The summed E-state index contributed by atoms with van der Waals surface area (Å²) >= 11 is 0. The average Bonchev–Trinajstić information content (AvgIpc) is 3.35. The molecule has 0 radical (unpaired) electrons. The molecule has 23 heavy (non-hydrogen) atoms. The minimum absolute atomic E-state index is 0.000811. The van der Waals surface area contributed by atoms with Gasteiger partial charge in [0.1, 0.15) is 0 Å². The van der Waals surface area contributed by atoms with Crippen LogP contribution in [0.2, 0.25) is 0 Å². The number of aliphatic carboxylic acids is 1. The van der Waals surface area contributed by atoms with E-state index in [9.17, 15) is 9.59 Å². The molecule has 0 spiro atoms. The molecule has 4 atom stereocenters. The quantitative estimate of drug-likeness (QED) is 0.874. The molecule has 1 amide bonds. The van der Waals surface area contributed by atoms with Gasteiger partial charge in [0, 0.05) is 19.1 Å². The van der Waals surface area contributed by atoms with E-state index in [2.05, 4.69) is 36.5 Å². The molecule has 2 N–H and O–H groups in total. The van der Waals surface area contributed by atoms with Crippen molar-refractivity contribution in [3.05, 3.63) is 35.4 Å². The Morgan fingerprint density at radius 2 is 2.00 bits per heavy atom. The maximum absolute atomic E-state index is 12.0. The predicted octanol–water partition coefficient (Wildman–Crippen LogP) is 2.30. The van der Waals surface area contributed by atoms with E-state index in [-0.39, 0.29) is 23.8 Å². The van der Waals surface area contributed by atoms with Gasteiger partial charge >= 0.3 is 5.97 Å². The van der Waals surface area contributed by atoms with Crippen molar-refractivity contribution < 1.29 is 19.4 Å². The van der Waals surface area contributed by atoms with E-state index in [0.29, 0.717) is 13.0 Å². The van der Waals surface area contributed by atoms with Crippen LogP contribution in [0, 0.1) is 24.7 Å². The highest BCUT2D eigenvalue weighted by molar-refractivity contribution is 5.89. The molecule has 1 aromatic rings. The highest BCUT2D eigenvalue weighted by atomic mass is 16.5. The molecule has 1 saturated carbocycles. The fourth-order valence-corrected chi connectivity index (χ4v) is 3.30. The van der Waals surface area contributed by atoms with Crippen LogP contribution in [0.25, 0.3) is 0 Å². The summed E-state index contributed by atoms with van der Waals surface area (Å²) in [5.74, 6) is -1.62. The van der Waals surface area contributed by atoms with E-state index >= 15 is 0 Å². The third kappa shape index (κ3) is 3.72. The lowest BCUT2D eigenvalue weighted by atomic mass is 9.89. The second kappa shape index (κ2) is 6.71. The number of hydrogen-bond acceptors (Lipinski definition) is 3. The van der Waals surface area contributed by atoms with Gasteiger partial charge in [0.2, 0.25) is 5.91 Å². The van der Waals surface area contributed by atoms with Crippen LogP contribution in [-0.4, -0.2) is 30.1 Å². The van der Waals surface area contributed by atoms with Crippen LogP contribution in [0.4, 0.5) is 0 Å². The van der Waals surface area contributed by atoms with E-state index in [1.165, 1.54) is 5.56 Å². The summed E-state index contributed by atoms with van der Waals surface area (Å²) in [6, 6.07) is 8.32. The topological polar surface area (TPSA) is 75.6 Å². The number of amides is 1. The van der Waals surface area contributed by atoms with E-state index in [4.69, 9.17) is 9.84 Å². The first-order valence-corrected chi connectivity index (χ1v) is 8.25. The first-order valence-electron chi connectivity index (χ1n) is 8.25. The molecule has 0 unspecified atom stereocenters. The minimum atomic E-state index is -0.872. The number of ether oxygens (including phenoxy) is 1. The van der Waals surface area contributed by atoms with Gasteiger partial charge < -0.3 is 15.2 Å². The summed E-state index contributed by atoms with van der Waals surface area (Å²) in [5.41, 5.74) is 2.35. The number of carbonyl (C=O) groups excluding carboxylic acids is 1. The van der Waals surface area contributed by atoms with E-state index in [1.807, 2.05) is 0 Å². The van der Waals surface area contributed by atoms with Crippen molar-refractivity contribution in [3.63, 3.8) is 0 Å². The van der Waals surface area contributed by atoms with Crippen molar-refractivity contribution >= 4 is 11.9 Å². The Labute approximate surface area is 136 Å². The summed E-state index contributed by atoms with van der Waals surface area (Å²) in [7, 11) is 0. The van der Waals surface area contributed by atoms with Crippen molar-refractivity contribution in [2.75, 3.05) is 13.2 Å². The number of carboxylic acids is 1. The standard InChI is InChI=1S/C18H23NO4/c1-11-4-6-12(7-5-11)16-13(3-2-8-23-16)10-19-17(20)14-9-15(14)18(21)22/h4-7,13-16H,2-3,8-10H2,1H3,(H,19,20)(H,21,22)/t13-,14-,15-,16+/m1/s1. The highest BCUT2D eigenvalue weighted by Crippen LogP contribution is 2.39. The molecule has 1 aliphatic carbocycles. The number of rotatable bonds is 5. The van der Waals surface area contributed by atoms with Gasteiger partial charge in [0.05, 0.1) is 17.9 Å². The number of carbonyl (C=O) groups is 2. The summed E-state index contributed by atoms with van der Waals surface area (Å²) < 4.78 is 5.94. The molecule has 0 bridgehead atoms. The summed E-state index contributed by atoms with van der Waals surface area (Å²) in [6.07, 6.45) is 2.46. The second-order valence-electron chi connectivity index (χ2n) is 6.64. The number of nitrogens with one attached hydrogen (secondary N) is 1. The van der Waals surface area contributed by atoms with Crippen molar-refractivity contribution in [1.29, 1.82) is 0 Å². The van der Waals surface area contributed by atoms with Gasteiger partial charge in [-0.05, 0) is 31.7 Å². The molecule has 1 aliphatic heterocycles. The molecular weight excluding hydrogens is 294 g/mol. The lowest BCUT2D eigenvalue weighted by Gasteiger charge is -2.32. The summed E-state index contributed by atoms with van der Waals surface area (Å²) in [4.78, 5) is 22.9. The van der Waals surface area contributed by atoms with Crippen LogP contribution in [-0.2, 0) is 14.3 Å². The maximum Gasteiger partial charge on any atom is 0.307 e. The lowest BCUT2D eigenvalue weighted by Crippen LogP contribution is -2.36. The van der Waals surface area contributed by atoms with Crippen LogP contribution in [0.1, 0.15) is 36.5 Å². The molecule has 1 saturated heterocycles. The maximum atomic E-state index is 12.0. The van der Waals surface area contributed by atoms with Crippen LogP contribution < -0.4 is 5.32 Å². The average molecular weight is 317 g/mol. The first-order chi connectivity index (χ1) is 11.1. The lowest BCUT2D eigenvalue weighted by molar-refractivity contribution is -0.140. The van der Waals surface area contributed by atoms with Crippen molar-refractivity contribution in [2.45, 2.75) is 32.3 Å². The van der Waals surface area contributed by atoms with Gasteiger partial charge in [-0.25, -0.2) is 0 Å². The van der Waals surface area contributed by atoms with Gasteiger partial charge in [-0.2, -0.15) is 0 Å². The predicted molar refractivity (Wildman–Crippen MR) is 84.8 cm³/mol. The third-order valence-electron chi connectivity index (χ3n) is 4.83. The molecule has 124 valence electrons. The Balaban J connectivity index is 1.58. The SMILES string of the molecule is Cc1ccc([C@@H]2OCCC[C@@H]2CNC(=O)[C@@H]2C[C@H]2C(=O)O)cc1. The Morgan fingerprint density at radius 3 is 2.65 bits per heavy atom. The van der Waals surface area contributed by atoms with Crippen molar-refractivity contribution in [3.8, 4) is 0 Å². The van der Waals surface area contributed by atoms with Crippen LogP contribution in [0.5, 0.6) is 0 Å². The molecule has 3 rings (SSSR count).